The third-order valence-electron chi connectivity index (χ3n) is 28.0. The Balaban J connectivity index is 0.000000104. The van der Waals surface area contributed by atoms with E-state index in [4.69, 9.17) is 53.7 Å². The Morgan fingerprint density at radius 2 is 0.486 bits per heavy atom. The van der Waals surface area contributed by atoms with E-state index in [1.807, 2.05) is 114 Å². The Labute approximate surface area is 795 Å². The molecular formula is C123H80N12O2S. The standard InChI is InChI=1S/C42H28N4O.C42H28N4S.C39H24N4O/c2*1-42(2)33-17-9-6-14-27(33)28-21-20-26(22-34(28)42)40-43-39(25-12-4-3-5-13-25)44-41(45-40)46-35-18-10-7-15-29(35)31-24-38-32(23-36(31)46)30-16-8-11-19-37(30)47-38;1-3-11-25(12-4-1)26-19-21-28(22-20-26)38-40-37(27-13-5-2-6-14-27)41-39(42-38)43-33-17-9-7-15-29(33)31-24-36-32(23-34(31)43)30-16-8-10-18-35(30)44-36/h2*3-24H,1-2H3;1-24H. The van der Waals surface area contributed by atoms with Crippen LogP contribution >= 0.6 is 11.3 Å². The first-order valence-corrected chi connectivity index (χ1v) is 47.4. The highest BCUT2D eigenvalue weighted by Gasteiger charge is 2.38. The van der Waals surface area contributed by atoms with E-state index in [-0.39, 0.29) is 10.8 Å². The summed E-state index contributed by atoms with van der Waals surface area (Å²) in [5.41, 5.74) is 27.9. The van der Waals surface area contributed by atoms with Gasteiger partial charge in [0, 0.05) is 118 Å². The van der Waals surface area contributed by atoms with Gasteiger partial charge in [-0.2, -0.15) is 29.9 Å². The molecule has 0 saturated carbocycles. The predicted molar refractivity (Wildman–Crippen MR) is 563 cm³/mol. The second kappa shape index (κ2) is 31.4. The Hall–Kier alpha value is -17.8. The highest BCUT2D eigenvalue weighted by Crippen LogP contribution is 2.53. The van der Waals surface area contributed by atoms with Gasteiger partial charge in [-0.3, -0.25) is 13.7 Å². The van der Waals surface area contributed by atoms with Gasteiger partial charge in [0.1, 0.15) is 22.3 Å². The minimum absolute atomic E-state index is 0.123. The fraction of sp³-hybridized carbons (Fsp3) is 0.0488. The van der Waals surface area contributed by atoms with Crippen molar-refractivity contribution in [2.24, 2.45) is 0 Å². The number of furan rings is 2. The molecule has 18 aromatic carbocycles. The minimum atomic E-state index is -0.133. The topological polar surface area (TPSA) is 157 Å². The largest absolute Gasteiger partial charge is 0.456 e. The summed E-state index contributed by atoms with van der Waals surface area (Å²) in [7, 11) is 0. The highest BCUT2D eigenvalue weighted by molar-refractivity contribution is 7.25. The molecule has 650 valence electrons. The van der Waals surface area contributed by atoms with Gasteiger partial charge >= 0.3 is 0 Å². The van der Waals surface area contributed by atoms with Gasteiger partial charge in [0.25, 0.3) is 0 Å². The zero-order valence-electron chi connectivity index (χ0n) is 75.4. The van der Waals surface area contributed by atoms with Crippen LogP contribution < -0.4 is 0 Å². The second-order valence-corrected chi connectivity index (χ2v) is 37.8. The number of hydrogen-bond donors (Lipinski definition) is 0. The average molecular weight is 1790 g/mol. The highest BCUT2D eigenvalue weighted by atomic mass is 32.1. The molecule has 0 N–H and O–H groups in total. The van der Waals surface area contributed by atoms with Gasteiger partial charge in [0.15, 0.2) is 34.9 Å². The van der Waals surface area contributed by atoms with Crippen molar-refractivity contribution >= 4 is 141 Å². The minimum Gasteiger partial charge on any atom is -0.456 e. The lowest BCUT2D eigenvalue weighted by atomic mass is 9.82. The van der Waals surface area contributed by atoms with Crippen molar-refractivity contribution in [2.45, 2.75) is 38.5 Å². The van der Waals surface area contributed by atoms with Gasteiger partial charge in [-0.25, -0.2) is 15.0 Å². The Kier molecular flexibility index (Phi) is 18.2. The van der Waals surface area contributed by atoms with Gasteiger partial charge in [-0.15, -0.1) is 11.3 Å². The molecular weight excluding hydrogens is 1710 g/mol. The van der Waals surface area contributed by atoms with E-state index in [1.54, 1.807) is 0 Å². The van der Waals surface area contributed by atoms with Crippen molar-refractivity contribution in [3.8, 4) is 120 Å². The van der Waals surface area contributed by atoms with Crippen LogP contribution in [0, 0.1) is 0 Å². The SMILES string of the molecule is CC1(C)c2ccccc2-c2ccc(-c3nc(-c4ccccc4)nc(-n4c5ccccc5c5cc6oc7ccccc7c6cc54)n3)cc21.CC1(C)c2ccccc2-c2ccc(-c3nc(-c4ccccc4)nc(-n4c5ccccc5c5cc6sc7ccccc7c6cc54)n3)cc21.c1ccc(-c2ccc(-c3nc(-c4ccccc4)nc(-n4c5ccccc5c5cc6oc7ccccc7c6cc54)n3)cc2)cc1. The summed E-state index contributed by atoms with van der Waals surface area (Å²) in [4.78, 5) is 46.2. The van der Waals surface area contributed by atoms with Crippen LogP contribution in [-0.4, -0.2) is 58.6 Å². The van der Waals surface area contributed by atoms with E-state index in [9.17, 15) is 0 Å². The molecule has 0 fully saturated rings. The molecule has 29 rings (SSSR count). The fourth-order valence-corrected chi connectivity index (χ4v) is 22.4. The monoisotopic (exact) mass is 1790 g/mol. The quantitative estimate of drug-likeness (QED) is 0.128. The predicted octanol–water partition coefficient (Wildman–Crippen LogP) is 31.4. The van der Waals surface area contributed by atoms with Crippen molar-refractivity contribution in [1.82, 2.24) is 58.6 Å². The molecule has 0 unspecified atom stereocenters. The van der Waals surface area contributed by atoms with Crippen molar-refractivity contribution in [3.05, 3.63) is 435 Å². The molecule has 14 nitrogen and oxygen atoms in total. The van der Waals surface area contributed by atoms with E-state index in [2.05, 4.69) is 351 Å². The van der Waals surface area contributed by atoms with Gasteiger partial charge in [-0.05, 0) is 141 Å². The number of benzene rings is 18. The molecule has 0 radical (unpaired) electrons. The Bertz CT molecular complexity index is 9290. The van der Waals surface area contributed by atoms with Crippen molar-refractivity contribution in [1.29, 1.82) is 0 Å². The van der Waals surface area contributed by atoms with Gasteiger partial charge < -0.3 is 8.83 Å². The van der Waals surface area contributed by atoms with Crippen LogP contribution in [-0.2, 0) is 10.8 Å². The fourth-order valence-electron chi connectivity index (χ4n) is 21.3. The molecule has 0 bridgehead atoms. The zero-order chi connectivity index (χ0) is 91.6. The summed E-state index contributed by atoms with van der Waals surface area (Å²) in [6.07, 6.45) is 0. The number of aromatic nitrogens is 12. The van der Waals surface area contributed by atoms with E-state index in [0.29, 0.717) is 52.8 Å². The molecule has 2 aliphatic rings. The molecule has 0 saturated heterocycles. The number of para-hydroxylation sites is 5. The first-order chi connectivity index (χ1) is 67.9. The van der Waals surface area contributed by atoms with Crippen LogP contribution in [0.2, 0.25) is 0 Å². The smallest absolute Gasteiger partial charge is 0.238 e. The molecule has 138 heavy (non-hydrogen) atoms. The molecule has 0 spiro atoms. The van der Waals surface area contributed by atoms with Crippen molar-refractivity contribution in [2.75, 3.05) is 0 Å². The number of fused-ring (bicyclic) bond motifs is 24. The van der Waals surface area contributed by atoms with Crippen LogP contribution in [0.1, 0.15) is 49.9 Å². The maximum absolute atomic E-state index is 6.30. The van der Waals surface area contributed by atoms with E-state index in [0.717, 1.165) is 137 Å². The average Bonchev–Trinajstić information content (AvgIpc) is 1.57. The number of hydrogen-bond acceptors (Lipinski definition) is 12. The Morgan fingerprint density at radius 3 is 0.906 bits per heavy atom. The molecule has 0 amide bonds. The maximum Gasteiger partial charge on any atom is 0.238 e. The maximum atomic E-state index is 6.30. The number of rotatable bonds is 10. The second-order valence-electron chi connectivity index (χ2n) is 36.7. The van der Waals surface area contributed by atoms with Crippen LogP contribution in [0.25, 0.3) is 249 Å². The van der Waals surface area contributed by atoms with E-state index >= 15 is 0 Å². The van der Waals surface area contributed by atoms with Crippen LogP contribution in [0.4, 0.5) is 0 Å². The molecule has 27 aromatic rings. The van der Waals surface area contributed by atoms with Crippen LogP contribution in [0.15, 0.2) is 421 Å². The number of thiophene rings is 1. The van der Waals surface area contributed by atoms with Crippen molar-refractivity contribution < 1.29 is 8.83 Å². The lowest BCUT2D eigenvalue weighted by Crippen LogP contribution is -2.15. The summed E-state index contributed by atoms with van der Waals surface area (Å²) < 4.78 is 21.7. The van der Waals surface area contributed by atoms with Gasteiger partial charge in [-0.1, -0.05) is 355 Å². The first kappa shape index (κ1) is 79.9. The molecule has 0 aliphatic heterocycles. The Morgan fingerprint density at radius 1 is 0.188 bits per heavy atom. The van der Waals surface area contributed by atoms with E-state index < -0.39 is 0 Å². The first-order valence-electron chi connectivity index (χ1n) is 46.5. The summed E-state index contributed by atoms with van der Waals surface area (Å²) in [6, 6.07) is 144. The lowest BCUT2D eigenvalue weighted by Gasteiger charge is -2.21. The number of nitrogens with zero attached hydrogens (tertiary/aromatic N) is 12. The van der Waals surface area contributed by atoms with Crippen LogP contribution in [0.5, 0.6) is 0 Å². The third-order valence-corrected chi connectivity index (χ3v) is 29.1. The normalized spacial score (nSPS) is 12.9. The summed E-state index contributed by atoms with van der Waals surface area (Å²) in [5, 5.41) is 13.6. The molecule has 2 aliphatic carbocycles. The lowest BCUT2D eigenvalue weighted by molar-refractivity contribution is 0.660. The molecule has 9 aromatic heterocycles. The summed E-state index contributed by atoms with van der Waals surface area (Å²) in [5.74, 6) is 5.60. The summed E-state index contributed by atoms with van der Waals surface area (Å²) in [6.45, 7) is 9.22. The molecule has 9 heterocycles. The van der Waals surface area contributed by atoms with Gasteiger partial charge in [0.2, 0.25) is 17.8 Å². The third kappa shape index (κ3) is 12.9. The molecule has 15 heteroatoms. The summed E-state index contributed by atoms with van der Waals surface area (Å²) >= 11 is 1.84. The molecule has 0 atom stereocenters. The van der Waals surface area contributed by atoms with Gasteiger partial charge in [0.05, 0.1) is 33.1 Å². The van der Waals surface area contributed by atoms with E-state index in [1.165, 1.54) is 81.0 Å². The van der Waals surface area contributed by atoms with Crippen molar-refractivity contribution in [3.63, 3.8) is 0 Å². The van der Waals surface area contributed by atoms with Crippen LogP contribution in [0.3, 0.4) is 0 Å². The zero-order valence-corrected chi connectivity index (χ0v) is 76.2.